The van der Waals surface area contributed by atoms with Crippen molar-refractivity contribution in [1.82, 2.24) is 40.7 Å². The molecule has 2 aromatic heterocycles. The van der Waals surface area contributed by atoms with E-state index in [-0.39, 0.29) is 17.4 Å². The molecule has 124 valence electrons. The predicted octanol–water partition coefficient (Wildman–Crippen LogP) is 0.827. The van der Waals surface area contributed by atoms with Crippen LogP contribution in [0.2, 0.25) is 0 Å². The van der Waals surface area contributed by atoms with Crippen LogP contribution < -0.4 is 10.6 Å². The molecule has 3 N–H and O–H groups in total. The molecule has 2 amide bonds. The number of aromatic nitrogens is 7. The fourth-order valence-corrected chi connectivity index (χ4v) is 2.74. The average molecular weight is 319 g/mol. The van der Waals surface area contributed by atoms with E-state index in [1.807, 2.05) is 27.8 Å². The van der Waals surface area contributed by atoms with Crippen molar-refractivity contribution in [2.45, 2.75) is 51.0 Å². The van der Waals surface area contributed by atoms with Crippen LogP contribution in [-0.2, 0) is 18.0 Å². The molecule has 0 bridgehead atoms. The normalized spacial score (nSPS) is 16.7. The predicted molar refractivity (Wildman–Crippen MR) is 81.6 cm³/mol. The first-order valence-electron chi connectivity index (χ1n) is 7.55. The Bertz CT molecular complexity index is 694. The molecule has 0 radical (unpaired) electrons. The van der Waals surface area contributed by atoms with Gasteiger partial charge in [-0.05, 0) is 19.3 Å². The lowest BCUT2D eigenvalue weighted by molar-refractivity contribution is 0.175. The van der Waals surface area contributed by atoms with Gasteiger partial charge in [0.25, 0.3) is 0 Å². The number of nitrogens with zero attached hydrogens (tertiary/aromatic N) is 6. The summed E-state index contributed by atoms with van der Waals surface area (Å²) >= 11 is 0. The number of rotatable bonds is 3. The van der Waals surface area contributed by atoms with Crippen LogP contribution >= 0.6 is 0 Å². The molecular formula is C13H21N9O. The number of hydrogen-bond donors (Lipinski definition) is 3. The summed E-state index contributed by atoms with van der Waals surface area (Å²) in [5, 5.41) is 23.8. The number of amides is 2. The zero-order chi connectivity index (χ0) is 16.7. The summed E-state index contributed by atoms with van der Waals surface area (Å²) in [7, 11) is 1.81. The molecule has 10 heteroatoms. The fraction of sp³-hybridized carbons (Fsp3) is 0.692. The molecule has 2 heterocycles. The van der Waals surface area contributed by atoms with Gasteiger partial charge in [0.1, 0.15) is 11.4 Å². The Kier molecular flexibility index (Phi) is 3.53. The summed E-state index contributed by atoms with van der Waals surface area (Å²) in [4.78, 5) is 16.7. The summed E-state index contributed by atoms with van der Waals surface area (Å²) in [6.45, 7) is 6.13. The second-order valence-electron chi connectivity index (χ2n) is 6.88. The number of anilines is 1. The van der Waals surface area contributed by atoms with Gasteiger partial charge in [-0.2, -0.15) is 10.2 Å². The first-order chi connectivity index (χ1) is 10.8. The highest BCUT2D eigenvalue weighted by molar-refractivity contribution is 5.88. The van der Waals surface area contributed by atoms with Crippen LogP contribution in [0.5, 0.6) is 0 Å². The van der Waals surface area contributed by atoms with Crippen LogP contribution in [0.25, 0.3) is 0 Å². The topological polar surface area (TPSA) is 126 Å². The monoisotopic (exact) mass is 319 g/mol. The molecule has 1 fully saturated rings. The maximum atomic E-state index is 12.3. The molecule has 2 aromatic rings. The summed E-state index contributed by atoms with van der Waals surface area (Å²) in [5.41, 5.74) is -0.712. The van der Waals surface area contributed by atoms with Crippen LogP contribution in [0.3, 0.4) is 0 Å². The van der Waals surface area contributed by atoms with E-state index in [1.165, 1.54) is 0 Å². The molecule has 0 spiro atoms. The minimum absolute atomic E-state index is 0.155. The Morgan fingerprint density at radius 1 is 1.35 bits per heavy atom. The molecule has 1 aliphatic rings. The maximum Gasteiger partial charge on any atom is 0.322 e. The van der Waals surface area contributed by atoms with E-state index in [1.54, 1.807) is 4.68 Å². The molecule has 0 saturated heterocycles. The molecule has 0 aromatic carbocycles. The van der Waals surface area contributed by atoms with Crippen molar-refractivity contribution < 1.29 is 4.79 Å². The van der Waals surface area contributed by atoms with Gasteiger partial charge in [0, 0.05) is 12.5 Å². The third kappa shape index (κ3) is 2.88. The lowest BCUT2D eigenvalue weighted by atomic mass is 9.76. The average Bonchev–Trinajstić information content (AvgIpc) is 3.03. The van der Waals surface area contributed by atoms with Gasteiger partial charge in [0.2, 0.25) is 5.95 Å². The first-order valence-corrected chi connectivity index (χ1v) is 7.55. The van der Waals surface area contributed by atoms with Gasteiger partial charge in [-0.25, -0.2) is 4.79 Å². The summed E-state index contributed by atoms with van der Waals surface area (Å²) < 4.78 is 1.67. The maximum absolute atomic E-state index is 12.3. The number of aryl methyl sites for hydroxylation is 1. The summed E-state index contributed by atoms with van der Waals surface area (Å²) in [6.07, 6.45) is 2.57. The highest BCUT2D eigenvalue weighted by Crippen LogP contribution is 2.39. The lowest BCUT2D eigenvalue weighted by Crippen LogP contribution is -2.53. The van der Waals surface area contributed by atoms with Crippen molar-refractivity contribution in [2.75, 3.05) is 5.32 Å². The van der Waals surface area contributed by atoms with Crippen LogP contribution in [0.1, 0.15) is 51.7 Å². The van der Waals surface area contributed by atoms with E-state index in [0.29, 0.717) is 5.82 Å². The van der Waals surface area contributed by atoms with Crippen molar-refractivity contribution >= 4 is 12.0 Å². The zero-order valence-corrected chi connectivity index (χ0v) is 13.7. The number of nitrogens with one attached hydrogen (secondary N) is 3. The van der Waals surface area contributed by atoms with E-state index in [4.69, 9.17) is 0 Å². The number of carbonyl (C=O) groups excluding carboxylic acids is 1. The van der Waals surface area contributed by atoms with Crippen molar-refractivity contribution in [2.24, 2.45) is 7.05 Å². The van der Waals surface area contributed by atoms with E-state index in [0.717, 1.165) is 25.1 Å². The fourth-order valence-electron chi connectivity index (χ4n) is 2.74. The van der Waals surface area contributed by atoms with Crippen LogP contribution in [0.15, 0.2) is 0 Å². The van der Waals surface area contributed by atoms with Crippen molar-refractivity contribution in [3.63, 3.8) is 0 Å². The number of aromatic amines is 1. The molecule has 0 aliphatic heterocycles. The first kappa shape index (κ1) is 15.4. The van der Waals surface area contributed by atoms with E-state index in [9.17, 15) is 4.79 Å². The molecule has 1 aliphatic carbocycles. The van der Waals surface area contributed by atoms with Gasteiger partial charge in [-0.3, -0.25) is 10.00 Å². The van der Waals surface area contributed by atoms with E-state index in [2.05, 4.69) is 41.3 Å². The minimum atomic E-state index is -0.557. The molecule has 1 saturated carbocycles. The number of H-pyrrole nitrogens is 1. The van der Waals surface area contributed by atoms with Crippen LogP contribution in [-0.4, -0.2) is 41.4 Å². The molecule has 3 rings (SSSR count). The SMILES string of the molecule is Cn1nc(NC(=O)NC2(c3nn[nH]n3)CCC2)nc1C(C)(C)C. The second kappa shape index (κ2) is 5.28. The Hall–Kier alpha value is -2.52. The van der Waals surface area contributed by atoms with Crippen molar-refractivity contribution in [1.29, 1.82) is 0 Å². The third-order valence-electron chi connectivity index (χ3n) is 3.99. The number of hydrogen-bond acceptors (Lipinski definition) is 6. The largest absolute Gasteiger partial charge is 0.325 e. The molecular weight excluding hydrogens is 298 g/mol. The number of tetrazole rings is 1. The van der Waals surface area contributed by atoms with Gasteiger partial charge in [0.15, 0.2) is 5.82 Å². The Labute approximate surface area is 133 Å². The third-order valence-corrected chi connectivity index (χ3v) is 3.99. The Morgan fingerprint density at radius 3 is 2.57 bits per heavy atom. The standard InChI is InChI=1S/C13H21N9O/c1-12(2,3)9-14-10(19-22(9)4)15-11(23)16-13(6-5-7-13)8-17-20-21-18-8/h5-7H2,1-4H3,(H2,15,16,19,23)(H,17,18,20,21). The van der Waals surface area contributed by atoms with Gasteiger partial charge < -0.3 is 5.32 Å². The van der Waals surface area contributed by atoms with Gasteiger partial charge in [-0.15, -0.1) is 15.3 Å². The molecule has 0 unspecified atom stereocenters. The van der Waals surface area contributed by atoms with Crippen LogP contribution in [0.4, 0.5) is 10.7 Å². The number of carbonyl (C=O) groups is 1. The van der Waals surface area contributed by atoms with E-state index >= 15 is 0 Å². The van der Waals surface area contributed by atoms with Crippen LogP contribution in [0, 0.1) is 0 Å². The Balaban J connectivity index is 1.71. The highest BCUT2D eigenvalue weighted by Gasteiger charge is 2.44. The van der Waals surface area contributed by atoms with E-state index < -0.39 is 5.54 Å². The summed E-state index contributed by atoms with van der Waals surface area (Å²) in [6, 6.07) is -0.374. The van der Waals surface area contributed by atoms with Gasteiger partial charge >= 0.3 is 6.03 Å². The lowest BCUT2D eigenvalue weighted by Gasteiger charge is -2.39. The Morgan fingerprint density at radius 2 is 2.09 bits per heavy atom. The molecule has 10 nitrogen and oxygen atoms in total. The highest BCUT2D eigenvalue weighted by atomic mass is 16.2. The van der Waals surface area contributed by atoms with Gasteiger partial charge in [0.05, 0.1) is 0 Å². The van der Waals surface area contributed by atoms with Crippen molar-refractivity contribution in [3.8, 4) is 0 Å². The quantitative estimate of drug-likeness (QED) is 0.769. The smallest absolute Gasteiger partial charge is 0.322 e. The van der Waals surface area contributed by atoms with Crippen molar-refractivity contribution in [3.05, 3.63) is 11.6 Å². The molecule has 0 atom stereocenters. The minimum Gasteiger partial charge on any atom is -0.325 e. The zero-order valence-electron chi connectivity index (χ0n) is 13.7. The second-order valence-corrected chi connectivity index (χ2v) is 6.88. The summed E-state index contributed by atoms with van der Waals surface area (Å²) in [5.74, 6) is 1.57. The number of urea groups is 1. The molecule has 23 heavy (non-hydrogen) atoms. The van der Waals surface area contributed by atoms with Gasteiger partial charge in [-0.1, -0.05) is 26.0 Å².